The molecule has 0 aromatic carbocycles. The monoisotopic (exact) mass is 219 g/mol. The Morgan fingerprint density at radius 1 is 1.75 bits per heavy atom. The molecule has 1 atom stereocenters. The summed E-state index contributed by atoms with van der Waals surface area (Å²) in [6.45, 7) is 1.90. The second kappa shape index (κ2) is 5.71. The van der Waals surface area contributed by atoms with Gasteiger partial charge in [0, 0.05) is 24.3 Å². The largest absolute Gasteiger partial charge is 0.481 e. The van der Waals surface area contributed by atoms with Gasteiger partial charge in [-0.25, -0.2) is 4.98 Å². The minimum atomic E-state index is -0.805. The average molecular weight is 219 g/mol. The van der Waals surface area contributed by atoms with E-state index in [4.69, 9.17) is 10.4 Å². The summed E-state index contributed by atoms with van der Waals surface area (Å²) in [6, 6.07) is 5.38. The molecule has 0 aliphatic carbocycles. The molecule has 1 heterocycles. The van der Waals surface area contributed by atoms with E-state index >= 15 is 0 Å². The molecule has 0 bridgehead atoms. The van der Waals surface area contributed by atoms with Gasteiger partial charge in [0.25, 0.3) is 0 Å². The Morgan fingerprint density at radius 3 is 3.12 bits per heavy atom. The number of carboxylic acid groups (broad SMARTS) is 1. The molecule has 1 aromatic heterocycles. The molecule has 2 N–H and O–H groups in total. The summed E-state index contributed by atoms with van der Waals surface area (Å²) in [4.78, 5) is 14.2. The molecule has 1 unspecified atom stereocenters. The molecule has 0 saturated heterocycles. The highest BCUT2D eigenvalue weighted by Gasteiger charge is 2.05. The minimum absolute atomic E-state index is 0.0463. The quantitative estimate of drug-likeness (QED) is 0.785. The number of carbonyl (C=O) groups is 1. The zero-order chi connectivity index (χ0) is 12.0. The van der Waals surface area contributed by atoms with Crippen LogP contribution in [-0.2, 0) is 4.79 Å². The lowest BCUT2D eigenvalue weighted by atomic mass is 10.2. The van der Waals surface area contributed by atoms with Crippen molar-refractivity contribution in [1.29, 1.82) is 5.26 Å². The Kier molecular flexibility index (Phi) is 4.28. The van der Waals surface area contributed by atoms with E-state index in [1.165, 1.54) is 0 Å². The van der Waals surface area contributed by atoms with E-state index < -0.39 is 5.97 Å². The van der Waals surface area contributed by atoms with Crippen molar-refractivity contribution in [1.82, 2.24) is 4.98 Å². The van der Waals surface area contributed by atoms with Crippen LogP contribution in [-0.4, -0.2) is 22.1 Å². The predicted octanol–water partition coefficient (Wildman–Crippen LogP) is 1.62. The fourth-order valence-corrected chi connectivity index (χ4v) is 1.28. The molecule has 0 spiro atoms. The first-order valence-electron chi connectivity index (χ1n) is 4.96. The number of hydrogen-bond acceptors (Lipinski definition) is 4. The second-order valence-corrected chi connectivity index (χ2v) is 3.52. The van der Waals surface area contributed by atoms with E-state index in [0.29, 0.717) is 12.1 Å². The van der Waals surface area contributed by atoms with Crippen molar-refractivity contribution in [2.45, 2.75) is 25.8 Å². The SMILES string of the molecule is CC(CCC(=O)O)Nc1ccnc(C#N)c1. The Morgan fingerprint density at radius 2 is 2.50 bits per heavy atom. The summed E-state index contributed by atoms with van der Waals surface area (Å²) in [5.74, 6) is -0.805. The standard InChI is InChI=1S/C11H13N3O2/c1-8(2-3-11(15)16)14-9-4-5-13-10(6-9)7-12/h4-6,8H,2-3H2,1H3,(H,13,14)(H,15,16). The van der Waals surface area contributed by atoms with Gasteiger partial charge in [0.1, 0.15) is 11.8 Å². The summed E-state index contributed by atoms with van der Waals surface area (Å²) < 4.78 is 0. The molecule has 0 aliphatic heterocycles. The van der Waals surface area contributed by atoms with E-state index in [1.54, 1.807) is 18.3 Å². The first kappa shape index (κ1) is 12.0. The minimum Gasteiger partial charge on any atom is -0.481 e. The fraction of sp³-hybridized carbons (Fsp3) is 0.364. The number of hydrogen-bond donors (Lipinski definition) is 2. The number of aliphatic carboxylic acids is 1. The highest BCUT2D eigenvalue weighted by atomic mass is 16.4. The Hall–Kier alpha value is -2.09. The Labute approximate surface area is 93.7 Å². The number of rotatable bonds is 5. The normalized spacial score (nSPS) is 11.5. The number of pyridine rings is 1. The second-order valence-electron chi connectivity index (χ2n) is 3.52. The number of nitriles is 1. The van der Waals surface area contributed by atoms with Crippen molar-refractivity contribution >= 4 is 11.7 Å². The van der Waals surface area contributed by atoms with Crippen LogP contribution in [0.4, 0.5) is 5.69 Å². The van der Waals surface area contributed by atoms with E-state index in [9.17, 15) is 4.79 Å². The van der Waals surface area contributed by atoms with Crippen LogP contribution in [0.2, 0.25) is 0 Å². The molecule has 84 valence electrons. The van der Waals surface area contributed by atoms with Crippen LogP contribution in [0.25, 0.3) is 0 Å². The summed E-state index contributed by atoms with van der Waals surface area (Å²) >= 11 is 0. The molecule has 16 heavy (non-hydrogen) atoms. The van der Waals surface area contributed by atoms with Crippen LogP contribution in [0, 0.1) is 11.3 Å². The van der Waals surface area contributed by atoms with Gasteiger partial charge >= 0.3 is 5.97 Å². The maximum Gasteiger partial charge on any atom is 0.303 e. The van der Waals surface area contributed by atoms with Gasteiger partial charge in [0.2, 0.25) is 0 Å². The van der Waals surface area contributed by atoms with Crippen LogP contribution in [0.15, 0.2) is 18.3 Å². The average Bonchev–Trinajstić information content (AvgIpc) is 2.26. The fourth-order valence-electron chi connectivity index (χ4n) is 1.28. The zero-order valence-electron chi connectivity index (χ0n) is 8.97. The lowest BCUT2D eigenvalue weighted by molar-refractivity contribution is -0.137. The Balaban J connectivity index is 2.52. The van der Waals surface area contributed by atoms with Gasteiger partial charge in [0.15, 0.2) is 0 Å². The van der Waals surface area contributed by atoms with Crippen molar-refractivity contribution in [3.05, 3.63) is 24.0 Å². The van der Waals surface area contributed by atoms with Gasteiger partial charge in [-0.15, -0.1) is 0 Å². The molecule has 0 saturated carbocycles. The zero-order valence-corrected chi connectivity index (χ0v) is 8.97. The molecule has 0 amide bonds. The van der Waals surface area contributed by atoms with Crippen molar-refractivity contribution in [2.75, 3.05) is 5.32 Å². The van der Waals surface area contributed by atoms with Gasteiger partial charge < -0.3 is 10.4 Å². The number of aromatic nitrogens is 1. The van der Waals surface area contributed by atoms with Crippen LogP contribution < -0.4 is 5.32 Å². The van der Waals surface area contributed by atoms with E-state index in [0.717, 1.165) is 5.69 Å². The van der Waals surface area contributed by atoms with Gasteiger partial charge in [-0.2, -0.15) is 5.26 Å². The molecule has 1 rings (SSSR count). The summed E-state index contributed by atoms with van der Waals surface area (Å²) in [6.07, 6.45) is 2.22. The Bertz CT molecular complexity index is 412. The maximum atomic E-state index is 10.4. The number of anilines is 1. The van der Waals surface area contributed by atoms with Gasteiger partial charge in [-0.05, 0) is 25.5 Å². The van der Waals surface area contributed by atoms with E-state index in [1.807, 2.05) is 13.0 Å². The molecule has 0 radical (unpaired) electrons. The molecular weight excluding hydrogens is 206 g/mol. The number of nitrogens with one attached hydrogen (secondary N) is 1. The highest BCUT2D eigenvalue weighted by Crippen LogP contribution is 2.10. The molecule has 5 heteroatoms. The van der Waals surface area contributed by atoms with Crippen molar-refractivity contribution in [3.8, 4) is 6.07 Å². The topological polar surface area (TPSA) is 86.0 Å². The molecule has 0 fully saturated rings. The van der Waals surface area contributed by atoms with Crippen molar-refractivity contribution in [3.63, 3.8) is 0 Å². The molecule has 1 aromatic rings. The van der Waals surface area contributed by atoms with Crippen molar-refractivity contribution < 1.29 is 9.90 Å². The molecular formula is C11H13N3O2. The van der Waals surface area contributed by atoms with Crippen LogP contribution >= 0.6 is 0 Å². The highest BCUT2D eigenvalue weighted by molar-refractivity contribution is 5.66. The van der Waals surface area contributed by atoms with Gasteiger partial charge in [-0.1, -0.05) is 0 Å². The summed E-state index contributed by atoms with van der Waals surface area (Å²) in [5.41, 5.74) is 1.12. The molecule has 5 nitrogen and oxygen atoms in total. The van der Waals surface area contributed by atoms with E-state index in [-0.39, 0.29) is 12.5 Å². The van der Waals surface area contributed by atoms with Crippen LogP contribution in [0.5, 0.6) is 0 Å². The summed E-state index contributed by atoms with van der Waals surface area (Å²) in [5, 5.41) is 20.3. The number of carboxylic acids is 1. The predicted molar refractivity (Wildman–Crippen MR) is 58.9 cm³/mol. The third-order valence-electron chi connectivity index (χ3n) is 2.08. The van der Waals surface area contributed by atoms with Crippen molar-refractivity contribution in [2.24, 2.45) is 0 Å². The van der Waals surface area contributed by atoms with Crippen LogP contribution in [0.1, 0.15) is 25.5 Å². The smallest absolute Gasteiger partial charge is 0.303 e. The first-order chi connectivity index (χ1) is 7.61. The van der Waals surface area contributed by atoms with E-state index in [2.05, 4.69) is 10.3 Å². The number of nitrogens with zero attached hydrogens (tertiary/aromatic N) is 2. The van der Waals surface area contributed by atoms with Gasteiger partial charge in [-0.3, -0.25) is 4.79 Å². The third-order valence-corrected chi connectivity index (χ3v) is 2.08. The lowest BCUT2D eigenvalue weighted by Gasteiger charge is -2.13. The third kappa shape index (κ3) is 3.96. The first-order valence-corrected chi connectivity index (χ1v) is 4.96. The van der Waals surface area contributed by atoms with Crippen LogP contribution in [0.3, 0.4) is 0 Å². The summed E-state index contributed by atoms with van der Waals surface area (Å²) in [7, 11) is 0. The molecule has 0 aliphatic rings. The lowest BCUT2D eigenvalue weighted by Crippen LogP contribution is -2.16. The maximum absolute atomic E-state index is 10.4. The van der Waals surface area contributed by atoms with Gasteiger partial charge in [0.05, 0.1) is 0 Å².